The monoisotopic (exact) mass is 479 g/mol. The van der Waals surface area contributed by atoms with Crippen molar-refractivity contribution < 1.29 is 19.1 Å². The van der Waals surface area contributed by atoms with Crippen LogP contribution in [0, 0.1) is 5.41 Å². The maximum atomic E-state index is 13.4. The summed E-state index contributed by atoms with van der Waals surface area (Å²) in [7, 11) is 0. The van der Waals surface area contributed by atoms with Gasteiger partial charge in [0.2, 0.25) is 0 Å². The molecule has 2 aromatic rings. The van der Waals surface area contributed by atoms with Crippen LogP contribution in [0.5, 0.6) is 5.75 Å². The predicted octanol–water partition coefficient (Wildman–Crippen LogP) is 6.09. The van der Waals surface area contributed by atoms with Gasteiger partial charge in [0.1, 0.15) is 12.4 Å². The topological polar surface area (TPSA) is 64.6 Å². The first-order chi connectivity index (χ1) is 16.2. The summed E-state index contributed by atoms with van der Waals surface area (Å²) >= 11 is 5.97. The van der Waals surface area contributed by atoms with Crippen LogP contribution in [-0.2, 0) is 20.9 Å². The highest BCUT2D eigenvalue weighted by Gasteiger charge is 2.43. The van der Waals surface area contributed by atoms with Crippen molar-refractivity contribution in [3.63, 3.8) is 0 Å². The van der Waals surface area contributed by atoms with Crippen molar-refractivity contribution >= 4 is 23.4 Å². The fraction of sp³-hybridized carbons (Fsp3) is 0.357. The van der Waals surface area contributed by atoms with Crippen molar-refractivity contribution in [3.8, 4) is 5.75 Å². The Labute approximate surface area is 205 Å². The van der Waals surface area contributed by atoms with Crippen LogP contribution in [0.4, 0.5) is 0 Å². The van der Waals surface area contributed by atoms with Crippen LogP contribution in [0.2, 0.25) is 5.02 Å². The highest BCUT2D eigenvalue weighted by Crippen LogP contribution is 2.47. The molecule has 0 amide bonds. The summed E-state index contributed by atoms with van der Waals surface area (Å²) < 4.78 is 11.4. The van der Waals surface area contributed by atoms with E-state index in [-0.39, 0.29) is 17.8 Å². The van der Waals surface area contributed by atoms with Gasteiger partial charge in [0.15, 0.2) is 5.78 Å². The van der Waals surface area contributed by atoms with E-state index in [1.807, 2.05) is 55.5 Å². The van der Waals surface area contributed by atoms with Crippen LogP contribution in [-0.4, -0.2) is 18.4 Å². The van der Waals surface area contributed by atoms with Gasteiger partial charge in [0, 0.05) is 34.3 Å². The molecule has 0 radical (unpaired) electrons. The molecule has 4 rings (SSSR count). The average molecular weight is 480 g/mol. The van der Waals surface area contributed by atoms with Crippen molar-refractivity contribution in [2.75, 3.05) is 6.61 Å². The largest absolute Gasteiger partial charge is 0.489 e. The Morgan fingerprint density at radius 2 is 1.88 bits per heavy atom. The van der Waals surface area contributed by atoms with Crippen molar-refractivity contribution in [1.29, 1.82) is 0 Å². The Balaban J connectivity index is 1.72. The van der Waals surface area contributed by atoms with Crippen LogP contribution < -0.4 is 10.1 Å². The minimum Gasteiger partial charge on any atom is -0.489 e. The lowest BCUT2D eigenvalue weighted by atomic mass is 9.68. The van der Waals surface area contributed by atoms with Gasteiger partial charge in [-0.3, -0.25) is 4.79 Å². The Kier molecular flexibility index (Phi) is 6.85. The fourth-order valence-electron chi connectivity index (χ4n) is 4.78. The van der Waals surface area contributed by atoms with Crippen molar-refractivity contribution in [3.05, 3.63) is 87.2 Å². The summed E-state index contributed by atoms with van der Waals surface area (Å²) in [6.45, 7) is 8.49. The number of hydrogen-bond acceptors (Lipinski definition) is 5. The van der Waals surface area contributed by atoms with Gasteiger partial charge >= 0.3 is 5.97 Å². The summed E-state index contributed by atoms with van der Waals surface area (Å²) in [5.74, 6) is -0.185. The number of carbonyl (C=O) groups is 2. The Bertz CT molecular complexity index is 1180. The zero-order chi connectivity index (χ0) is 24.5. The SMILES string of the molecule is CCOC(=O)C1=C(C)NC2=C(C(=O)CC(C)(C)C2)[C@H]1c1cccc(OCc2ccc(Cl)cc2)c1. The highest BCUT2D eigenvalue weighted by molar-refractivity contribution is 6.30. The molecule has 0 aromatic heterocycles. The second kappa shape index (κ2) is 9.67. The van der Waals surface area contributed by atoms with E-state index < -0.39 is 11.9 Å². The molecule has 0 saturated carbocycles. The molecule has 1 aliphatic heterocycles. The first kappa shape index (κ1) is 24.1. The number of Topliss-reactive ketones (excluding diaryl/α,β-unsaturated/α-hetero) is 1. The van der Waals surface area contributed by atoms with E-state index in [0.29, 0.717) is 34.9 Å². The van der Waals surface area contributed by atoms with Gasteiger partial charge in [-0.2, -0.15) is 0 Å². The second-order valence-electron chi connectivity index (χ2n) is 9.64. The molecule has 1 N–H and O–H groups in total. The summed E-state index contributed by atoms with van der Waals surface area (Å²) in [5, 5.41) is 4.03. The zero-order valence-electron chi connectivity index (χ0n) is 20.0. The van der Waals surface area contributed by atoms with E-state index in [4.69, 9.17) is 21.1 Å². The average Bonchev–Trinajstić information content (AvgIpc) is 2.77. The zero-order valence-corrected chi connectivity index (χ0v) is 20.8. The third kappa shape index (κ3) is 5.05. The maximum absolute atomic E-state index is 13.4. The number of carbonyl (C=O) groups excluding carboxylic acids is 2. The first-order valence-electron chi connectivity index (χ1n) is 11.6. The number of benzene rings is 2. The normalized spacial score (nSPS) is 19.4. The molecular weight excluding hydrogens is 450 g/mol. The molecule has 2 aliphatic rings. The molecule has 0 spiro atoms. The third-order valence-corrected chi connectivity index (χ3v) is 6.50. The number of dihydropyridines is 1. The lowest BCUT2D eigenvalue weighted by Gasteiger charge is -2.39. The van der Waals surface area contributed by atoms with Crippen LogP contribution in [0.1, 0.15) is 57.6 Å². The van der Waals surface area contributed by atoms with Gasteiger partial charge in [-0.15, -0.1) is 0 Å². The van der Waals surface area contributed by atoms with E-state index in [1.165, 1.54) is 0 Å². The first-order valence-corrected chi connectivity index (χ1v) is 11.9. The molecule has 1 heterocycles. The second-order valence-corrected chi connectivity index (χ2v) is 10.1. The van der Waals surface area contributed by atoms with E-state index in [1.54, 1.807) is 6.92 Å². The smallest absolute Gasteiger partial charge is 0.336 e. The summed E-state index contributed by atoms with van der Waals surface area (Å²) in [5.41, 5.74) is 4.43. The van der Waals surface area contributed by atoms with Crippen molar-refractivity contribution in [1.82, 2.24) is 5.32 Å². The molecule has 6 heteroatoms. The number of ether oxygens (including phenoxy) is 2. The molecular formula is C28H30ClNO4. The molecule has 0 saturated heterocycles. The van der Waals surface area contributed by atoms with Gasteiger partial charge in [-0.05, 0) is 61.1 Å². The van der Waals surface area contributed by atoms with Gasteiger partial charge in [0.05, 0.1) is 12.2 Å². The molecule has 34 heavy (non-hydrogen) atoms. The molecule has 2 aromatic carbocycles. The molecule has 1 aliphatic carbocycles. The van der Waals surface area contributed by atoms with Gasteiger partial charge in [0.25, 0.3) is 0 Å². The number of nitrogens with one attached hydrogen (secondary N) is 1. The molecule has 1 atom stereocenters. The number of allylic oxidation sites excluding steroid dienone is 3. The molecule has 0 bridgehead atoms. The quantitative estimate of drug-likeness (QED) is 0.508. The number of rotatable bonds is 6. The van der Waals surface area contributed by atoms with Crippen LogP contribution in [0.3, 0.4) is 0 Å². The molecule has 178 valence electrons. The standard InChI is InChI=1S/C28H30ClNO4/c1-5-33-27(32)24-17(2)30-22-14-28(3,4)15-23(31)26(22)25(24)19-7-6-8-21(13-19)34-16-18-9-11-20(29)12-10-18/h6-13,25,30H,5,14-16H2,1-4H3/t25-/m0/s1. The van der Waals surface area contributed by atoms with Gasteiger partial charge in [-0.1, -0.05) is 49.7 Å². The third-order valence-electron chi connectivity index (χ3n) is 6.25. The van der Waals surface area contributed by atoms with Crippen LogP contribution in [0.25, 0.3) is 0 Å². The van der Waals surface area contributed by atoms with E-state index in [0.717, 1.165) is 28.9 Å². The minimum absolute atomic E-state index is 0.0607. The molecule has 0 unspecified atom stereocenters. The lowest BCUT2D eigenvalue weighted by molar-refractivity contribution is -0.138. The van der Waals surface area contributed by atoms with Crippen LogP contribution >= 0.6 is 11.6 Å². The number of ketones is 1. The predicted molar refractivity (Wildman–Crippen MR) is 132 cm³/mol. The highest BCUT2D eigenvalue weighted by atomic mass is 35.5. The lowest BCUT2D eigenvalue weighted by Crippen LogP contribution is -2.38. The maximum Gasteiger partial charge on any atom is 0.336 e. The van der Waals surface area contributed by atoms with Crippen LogP contribution in [0.15, 0.2) is 71.1 Å². The Hall–Kier alpha value is -3.05. The van der Waals surface area contributed by atoms with Gasteiger partial charge < -0.3 is 14.8 Å². The summed E-state index contributed by atoms with van der Waals surface area (Å²) in [6.07, 6.45) is 1.18. The van der Waals surface area contributed by atoms with Gasteiger partial charge in [-0.25, -0.2) is 4.79 Å². The Morgan fingerprint density at radius 1 is 1.15 bits per heavy atom. The van der Waals surface area contributed by atoms with E-state index in [9.17, 15) is 9.59 Å². The van der Waals surface area contributed by atoms with Crippen molar-refractivity contribution in [2.45, 2.75) is 53.1 Å². The number of hydrogen-bond donors (Lipinski definition) is 1. The number of esters is 1. The number of halogens is 1. The molecule has 0 fully saturated rings. The molecule has 5 nitrogen and oxygen atoms in total. The summed E-state index contributed by atoms with van der Waals surface area (Å²) in [4.78, 5) is 26.4. The Morgan fingerprint density at radius 3 is 2.59 bits per heavy atom. The fourth-order valence-corrected chi connectivity index (χ4v) is 4.91. The van der Waals surface area contributed by atoms with E-state index >= 15 is 0 Å². The summed E-state index contributed by atoms with van der Waals surface area (Å²) in [6, 6.07) is 15.1. The van der Waals surface area contributed by atoms with Crippen molar-refractivity contribution in [2.24, 2.45) is 5.41 Å². The minimum atomic E-state index is -0.502. The van der Waals surface area contributed by atoms with E-state index in [2.05, 4.69) is 19.2 Å².